The minimum atomic E-state index is -1.07. The Kier molecular flexibility index (Phi) is 5.93. The van der Waals surface area contributed by atoms with Crippen LogP contribution in [-0.4, -0.2) is 58.6 Å². The molecule has 3 aromatic rings. The number of nitrogens with one attached hydrogen (secondary N) is 2. The van der Waals surface area contributed by atoms with Crippen molar-refractivity contribution in [2.45, 2.75) is 37.0 Å². The number of hydrogen-bond acceptors (Lipinski definition) is 5. The van der Waals surface area contributed by atoms with Crippen LogP contribution in [0.5, 0.6) is 0 Å². The molecule has 0 radical (unpaired) electrons. The van der Waals surface area contributed by atoms with Gasteiger partial charge in [0.05, 0.1) is 17.9 Å². The molecule has 0 aromatic heterocycles. The van der Waals surface area contributed by atoms with Crippen LogP contribution in [0.2, 0.25) is 0 Å². The van der Waals surface area contributed by atoms with Crippen LogP contribution in [-0.2, 0) is 19.1 Å². The van der Waals surface area contributed by atoms with Crippen LogP contribution < -0.4 is 10.6 Å². The molecule has 2 unspecified atom stereocenters. The van der Waals surface area contributed by atoms with Crippen LogP contribution in [0.25, 0.3) is 10.8 Å². The van der Waals surface area contributed by atoms with E-state index in [2.05, 4.69) is 10.6 Å². The molecular weight excluding hydrogens is 470 g/mol. The first-order valence-corrected chi connectivity index (χ1v) is 12.8. The lowest BCUT2D eigenvalue weighted by Crippen LogP contribution is -2.53. The van der Waals surface area contributed by atoms with Gasteiger partial charge in [0.25, 0.3) is 0 Å². The first-order chi connectivity index (χ1) is 18.0. The second-order valence-electron chi connectivity index (χ2n) is 10.1. The summed E-state index contributed by atoms with van der Waals surface area (Å²) in [5.41, 5.74) is 0.207. The van der Waals surface area contributed by atoms with Gasteiger partial charge < -0.3 is 25.4 Å². The van der Waals surface area contributed by atoms with E-state index in [-0.39, 0.29) is 30.9 Å². The zero-order valence-electron chi connectivity index (χ0n) is 20.3. The van der Waals surface area contributed by atoms with Crippen molar-refractivity contribution in [2.75, 3.05) is 23.8 Å². The molecule has 8 nitrogen and oxygen atoms in total. The van der Waals surface area contributed by atoms with Gasteiger partial charge in [-0.2, -0.15) is 0 Å². The molecule has 3 aliphatic rings. The number of rotatable bonds is 7. The summed E-state index contributed by atoms with van der Waals surface area (Å²) in [6.45, 7) is 0.103. The molecule has 3 aromatic carbocycles. The van der Waals surface area contributed by atoms with Crippen LogP contribution in [0.3, 0.4) is 0 Å². The van der Waals surface area contributed by atoms with E-state index in [0.717, 1.165) is 10.8 Å². The van der Waals surface area contributed by atoms with Gasteiger partial charge in [0.2, 0.25) is 17.7 Å². The van der Waals surface area contributed by atoms with Crippen LogP contribution in [0.4, 0.5) is 11.4 Å². The topological polar surface area (TPSA) is 108 Å². The summed E-state index contributed by atoms with van der Waals surface area (Å²) in [5, 5.41) is 17.5. The second-order valence-corrected chi connectivity index (χ2v) is 10.1. The summed E-state index contributed by atoms with van der Waals surface area (Å²) >= 11 is 0. The largest absolute Gasteiger partial charge is 0.396 e. The summed E-state index contributed by atoms with van der Waals surface area (Å²) < 4.78 is 6.43. The predicted octanol–water partition coefficient (Wildman–Crippen LogP) is 3.17. The minimum absolute atomic E-state index is 0.109. The highest BCUT2D eigenvalue weighted by Gasteiger charge is 2.74. The number of carbonyl (C=O) groups excluding carboxylic acids is 3. The summed E-state index contributed by atoms with van der Waals surface area (Å²) in [4.78, 5) is 42.5. The van der Waals surface area contributed by atoms with Gasteiger partial charge in [0, 0.05) is 24.5 Å². The Morgan fingerprint density at radius 3 is 2.46 bits per heavy atom. The number of nitrogens with zero attached hydrogens (tertiary/aromatic N) is 1. The fraction of sp³-hybridized carbons (Fsp3) is 0.345. The van der Waals surface area contributed by atoms with Gasteiger partial charge in [-0.25, -0.2) is 0 Å². The highest BCUT2D eigenvalue weighted by atomic mass is 16.5. The van der Waals surface area contributed by atoms with E-state index in [1.165, 1.54) is 4.90 Å². The smallest absolute Gasteiger partial charge is 0.250 e. The SMILES string of the molecule is O=C(Nc1ccc2ccccc2c1)C1N(CCCO)C(=O)[C@@H]2[C@H](C(=O)Nc3ccccc3)[C@@H]3CCC12O3. The maximum atomic E-state index is 13.8. The highest BCUT2D eigenvalue weighted by Crippen LogP contribution is 2.58. The van der Waals surface area contributed by atoms with Crippen molar-refractivity contribution in [3.8, 4) is 0 Å². The van der Waals surface area contributed by atoms with Gasteiger partial charge in [-0.3, -0.25) is 14.4 Å². The molecule has 3 aliphatic heterocycles. The Hall–Kier alpha value is -3.75. The monoisotopic (exact) mass is 499 g/mol. The van der Waals surface area contributed by atoms with Crippen molar-refractivity contribution < 1.29 is 24.2 Å². The third kappa shape index (κ3) is 3.88. The number of aliphatic hydroxyl groups is 1. The molecule has 5 atom stereocenters. The molecule has 6 rings (SSSR count). The number of aliphatic hydroxyl groups excluding tert-OH is 1. The van der Waals surface area contributed by atoms with Crippen LogP contribution in [0, 0.1) is 11.8 Å². The Balaban J connectivity index is 1.31. The number of fused-ring (bicyclic) bond motifs is 2. The molecule has 3 N–H and O–H groups in total. The molecule has 3 amide bonds. The minimum Gasteiger partial charge on any atom is -0.396 e. The van der Waals surface area contributed by atoms with E-state index in [1.54, 1.807) is 12.1 Å². The average molecular weight is 500 g/mol. The molecule has 0 aliphatic carbocycles. The number of likely N-dealkylation sites (tertiary alicyclic amines) is 1. The quantitative estimate of drug-likeness (QED) is 0.463. The van der Waals surface area contributed by atoms with Crippen molar-refractivity contribution in [3.05, 3.63) is 72.8 Å². The average Bonchev–Trinajstić information content (AvgIpc) is 3.55. The van der Waals surface area contributed by atoms with Gasteiger partial charge in [0.15, 0.2) is 0 Å². The molecule has 3 heterocycles. The molecule has 37 heavy (non-hydrogen) atoms. The molecule has 8 heteroatoms. The normalized spacial score (nSPS) is 27.9. The first-order valence-electron chi connectivity index (χ1n) is 12.8. The Morgan fingerprint density at radius 1 is 0.946 bits per heavy atom. The van der Waals surface area contributed by atoms with Crippen molar-refractivity contribution in [1.82, 2.24) is 4.90 Å². The highest BCUT2D eigenvalue weighted by molar-refractivity contribution is 6.05. The van der Waals surface area contributed by atoms with Gasteiger partial charge in [-0.15, -0.1) is 0 Å². The van der Waals surface area contributed by atoms with E-state index < -0.39 is 29.6 Å². The van der Waals surface area contributed by atoms with E-state index in [1.807, 2.05) is 60.7 Å². The van der Waals surface area contributed by atoms with E-state index >= 15 is 0 Å². The molecule has 2 bridgehead atoms. The fourth-order valence-corrected chi connectivity index (χ4v) is 6.46. The van der Waals surface area contributed by atoms with Crippen molar-refractivity contribution in [2.24, 2.45) is 11.8 Å². The predicted molar refractivity (Wildman–Crippen MR) is 139 cm³/mol. The maximum absolute atomic E-state index is 13.8. The number of ether oxygens (including phenoxy) is 1. The molecule has 190 valence electrons. The van der Waals surface area contributed by atoms with Crippen molar-refractivity contribution >= 4 is 39.9 Å². The van der Waals surface area contributed by atoms with Gasteiger partial charge in [0.1, 0.15) is 11.6 Å². The standard InChI is InChI=1S/C29H29N3O5/c33-16-6-15-32-25(27(35)31-21-12-11-18-7-4-5-8-19(18)17-21)29-14-13-22(37-29)23(24(29)28(32)36)26(34)30-20-9-2-1-3-10-20/h1-5,7-12,17,22-25,33H,6,13-16H2,(H,30,34)(H,31,35)/t22-,23+,24-,25?,29?/m0/s1. The summed E-state index contributed by atoms with van der Waals surface area (Å²) in [6.07, 6.45) is 1.03. The van der Waals surface area contributed by atoms with Gasteiger partial charge >= 0.3 is 0 Å². The Bertz CT molecular complexity index is 1360. The number of benzene rings is 3. The Labute approximate surface area is 214 Å². The summed E-state index contributed by atoms with van der Waals surface area (Å²) in [5.74, 6) is -2.30. The van der Waals surface area contributed by atoms with E-state index in [0.29, 0.717) is 30.6 Å². The zero-order valence-corrected chi connectivity index (χ0v) is 20.3. The molecular formula is C29H29N3O5. The molecule has 0 saturated carbocycles. The second kappa shape index (κ2) is 9.28. The lowest BCUT2D eigenvalue weighted by Gasteiger charge is -2.33. The third-order valence-electron chi connectivity index (χ3n) is 7.97. The molecule has 3 fully saturated rings. The van der Waals surface area contributed by atoms with Crippen LogP contribution >= 0.6 is 0 Å². The van der Waals surface area contributed by atoms with Crippen molar-refractivity contribution in [1.29, 1.82) is 0 Å². The lowest BCUT2D eigenvalue weighted by atomic mass is 9.70. The van der Waals surface area contributed by atoms with Crippen LogP contribution in [0.1, 0.15) is 19.3 Å². The summed E-state index contributed by atoms with van der Waals surface area (Å²) in [7, 11) is 0. The number of hydrogen-bond donors (Lipinski definition) is 3. The first kappa shape index (κ1) is 23.6. The number of anilines is 2. The fourth-order valence-electron chi connectivity index (χ4n) is 6.46. The van der Waals surface area contributed by atoms with E-state index in [4.69, 9.17) is 4.74 Å². The number of para-hydroxylation sites is 1. The van der Waals surface area contributed by atoms with Crippen LogP contribution in [0.15, 0.2) is 72.8 Å². The third-order valence-corrected chi connectivity index (χ3v) is 7.97. The zero-order chi connectivity index (χ0) is 25.6. The number of carbonyl (C=O) groups is 3. The summed E-state index contributed by atoms with van der Waals surface area (Å²) in [6, 6.07) is 21.8. The molecule has 1 spiro atoms. The van der Waals surface area contributed by atoms with E-state index in [9.17, 15) is 19.5 Å². The van der Waals surface area contributed by atoms with Crippen molar-refractivity contribution in [3.63, 3.8) is 0 Å². The van der Waals surface area contributed by atoms with Gasteiger partial charge in [-0.05, 0) is 54.3 Å². The van der Waals surface area contributed by atoms with Gasteiger partial charge in [-0.1, -0.05) is 48.5 Å². The maximum Gasteiger partial charge on any atom is 0.250 e. The molecule has 3 saturated heterocycles. The lowest BCUT2D eigenvalue weighted by molar-refractivity contribution is -0.139. The number of amides is 3. The Morgan fingerprint density at radius 2 is 1.68 bits per heavy atom.